The average molecular weight is 564 g/mol. The number of nitrogens with one attached hydrogen (secondary N) is 2. The Kier molecular flexibility index (Phi) is 9.64. The summed E-state index contributed by atoms with van der Waals surface area (Å²) in [5.74, 6) is -2.68. The highest BCUT2D eigenvalue weighted by Crippen LogP contribution is 2.32. The highest BCUT2D eigenvalue weighted by atomic mass is 35.5. The van der Waals surface area contributed by atoms with Crippen LogP contribution in [0.25, 0.3) is 11.3 Å². The largest absolute Gasteiger partial charge is 0.353 e. The standard InChI is InChI=1S/C29H40ClF2N5O2/c1-19(2)16-24-26(22-10-4-5-11-23(22)30)35-27(36(24)3)28(39)34-21(17-25(38)33-20-8-6-9-20)12-15-37-14-7-13-29(31,32)18-37/h4-5,10-11,19-21H,6-9,12-18H2,1-3H3,(H,33,38)(H,34,39)/t21-/m0/s1. The lowest BCUT2D eigenvalue weighted by atomic mass is 9.93. The Balaban J connectivity index is 1.53. The van der Waals surface area contributed by atoms with Crippen molar-refractivity contribution in [1.29, 1.82) is 0 Å². The van der Waals surface area contributed by atoms with Crippen molar-refractivity contribution in [3.8, 4) is 11.3 Å². The first kappa shape index (κ1) is 29.5. The van der Waals surface area contributed by atoms with Crippen LogP contribution in [-0.4, -0.2) is 63.9 Å². The van der Waals surface area contributed by atoms with Gasteiger partial charge in [-0.15, -0.1) is 0 Å². The molecule has 0 bridgehead atoms. The second-order valence-corrected chi connectivity index (χ2v) is 11.9. The topological polar surface area (TPSA) is 79.3 Å². The molecule has 1 aromatic heterocycles. The molecule has 0 radical (unpaired) electrons. The van der Waals surface area contributed by atoms with Crippen LogP contribution < -0.4 is 10.6 Å². The maximum absolute atomic E-state index is 14.0. The number of hydrogen-bond donors (Lipinski definition) is 2. The predicted molar refractivity (Wildman–Crippen MR) is 149 cm³/mol. The number of amides is 2. The first-order valence-corrected chi connectivity index (χ1v) is 14.4. The molecule has 4 rings (SSSR count). The Bertz CT molecular complexity index is 1160. The number of imidazole rings is 1. The van der Waals surface area contributed by atoms with Crippen molar-refractivity contribution >= 4 is 23.4 Å². The van der Waals surface area contributed by atoms with Crippen LogP contribution in [0.15, 0.2) is 24.3 Å². The number of likely N-dealkylation sites (tertiary alicyclic amines) is 1. The Morgan fingerprint density at radius 1 is 1.21 bits per heavy atom. The number of hydrogen-bond acceptors (Lipinski definition) is 4. The number of rotatable bonds is 11. The normalized spacial score (nSPS) is 18.5. The minimum Gasteiger partial charge on any atom is -0.353 e. The molecule has 1 atom stereocenters. The lowest BCUT2D eigenvalue weighted by Crippen LogP contribution is -2.47. The van der Waals surface area contributed by atoms with Crippen LogP contribution in [0.2, 0.25) is 5.02 Å². The number of benzene rings is 1. The van der Waals surface area contributed by atoms with Crippen LogP contribution in [0.1, 0.15) is 75.1 Å². The summed E-state index contributed by atoms with van der Waals surface area (Å²) >= 11 is 6.49. The zero-order valence-electron chi connectivity index (χ0n) is 23.1. The zero-order valence-corrected chi connectivity index (χ0v) is 23.9. The van der Waals surface area contributed by atoms with E-state index in [9.17, 15) is 18.4 Å². The SMILES string of the molecule is CC(C)Cc1c(-c2ccccc2Cl)nc(C(=O)N[C@@H](CCN2CCCC(F)(F)C2)CC(=O)NC2CCC2)n1C. The van der Waals surface area contributed by atoms with Gasteiger partial charge in [-0.05, 0) is 57.1 Å². The summed E-state index contributed by atoms with van der Waals surface area (Å²) in [6.07, 6.45) is 4.54. The maximum Gasteiger partial charge on any atom is 0.287 e. The minimum atomic E-state index is -2.70. The van der Waals surface area contributed by atoms with Crippen LogP contribution in [0.4, 0.5) is 8.78 Å². The van der Waals surface area contributed by atoms with Gasteiger partial charge < -0.3 is 15.2 Å². The Morgan fingerprint density at radius 2 is 1.95 bits per heavy atom. The summed E-state index contributed by atoms with van der Waals surface area (Å²) in [4.78, 5) is 32.8. The molecule has 1 saturated heterocycles. The van der Waals surface area contributed by atoms with Crippen molar-refractivity contribution in [1.82, 2.24) is 25.1 Å². The van der Waals surface area contributed by atoms with Crippen LogP contribution in [0.5, 0.6) is 0 Å². The molecule has 2 aliphatic rings. The first-order chi connectivity index (χ1) is 18.5. The molecule has 0 unspecified atom stereocenters. The molecule has 7 nitrogen and oxygen atoms in total. The van der Waals surface area contributed by atoms with Crippen molar-refractivity contribution in [3.63, 3.8) is 0 Å². The van der Waals surface area contributed by atoms with Crippen LogP contribution in [-0.2, 0) is 18.3 Å². The van der Waals surface area contributed by atoms with Gasteiger partial charge in [-0.1, -0.05) is 43.6 Å². The van der Waals surface area contributed by atoms with Gasteiger partial charge in [-0.25, -0.2) is 13.8 Å². The third kappa shape index (κ3) is 7.78. The number of nitrogens with zero attached hydrogens (tertiary/aromatic N) is 3. The smallest absolute Gasteiger partial charge is 0.287 e. The number of carbonyl (C=O) groups excluding carboxylic acids is 2. The van der Waals surface area contributed by atoms with Gasteiger partial charge in [0.2, 0.25) is 5.91 Å². The van der Waals surface area contributed by atoms with E-state index in [1.165, 1.54) is 0 Å². The highest BCUT2D eigenvalue weighted by molar-refractivity contribution is 6.33. The monoisotopic (exact) mass is 563 g/mol. The molecular formula is C29H40ClF2N5O2. The van der Waals surface area contributed by atoms with E-state index in [4.69, 9.17) is 16.6 Å². The van der Waals surface area contributed by atoms with E-state index in [-0.39, 0.29) is 37.2 Å². The summed E-state index contributed by atoms with van der Waals surface area (Å²) in [5, 5.41) is 6.58. The van der Waals surface area contributed by atoms with E-state index in [2.05, 4.69) is 24.5 Å². The van der Waals surface area contributed by atoms with Crippen molar-refractivity contribution in [2.75, 3.05) is 19.6 Å². The summed E-state index contributed by atoms with van der Waals surface area (Å²) in [6, 6.07) is 7.09. The number of alkyl halides is 2. The summed E-state index contributed by atoms with van der Waals surface area (Å²) < 4.78 is 29.7. The summed E-state index contributed by atoms with van der Waals surface area (Å²) in [7, 11) is 1.81. The molecule has 214 valence electrons. The van der Waals surface area contributed by atoms with E-state index >= 15 is 0 Å². The fourth-order valence-corrected chi connectivity index (χ4v) is 5.56. The molecule has 2 fully saturated rings. The van der Waals surface area contributed by atoms with Crippen molar-refractivity contribution < 1.29 is 18.4 Å². The number of carbonyl (C=O) groups is 2. The molecule has 2 heterocycles. The number of aromatic nitrogens is 2. The van der Waals surface area contributed by atoms with Crippen LogP contribution in [0, 0.1) is 5.92 Å². The van der Waals surface area contributed by atoms with Gasteiger partial charge >= 0.3 is 0 Å². The molecule has 10 heteroatoms. The lowest BCUT2D eigenvalue weighted by Gasteiger charge is -2.33. The quantitative estimate of drug-likeness (QED) is 0.393. The van der Waals surface area contributed by atoms with Gasteiger partial charge in [0.1, 0.15) is 0 Å². The molecular weight excluding hydrogens is 524 g/mol. The van der Waals surface area contributed by atoms with E-state index in [1.807, 2.05) is 25.2 Å². The minimum absolute atomic E-state index is 0.0904. The third-order valence-electron chi connectivity index (χ3n) is 7.65. The Hall–Kier alpha value is -2.52. The molecule has 0 spiro atoms. The third-order valence-corrected chi connectivity index (χ3v) is 7.98. The van der Waals surface area contributed by atoms with E-state index in [1.54, 1.807) is 15.5 Å². The fraction of sp³-hybridized carbons (Fsp3) is 0.621. The summed E-state index contributed by atoms with van der Waals surface area (Å²) in [6.45, 7) is 4.87. The summed E-state index contributed by atoms with van der Waals surface area (Å²) in [5.41, 5.74) is 2.32. The van der Waals surface area contributed by atoms with Crippen LogP contribution in [0.3, 0.4) is 0 Å². The van der Waals surface area contributed by atoms with E-state index in [0.717, 1.165) is 30.5 Å². The van der Waals surface area contributed by atoms with Gasteiger partial charge in [0.15, 0.2) is 5.82 Å². The van der Waals surface area contributed by atoms with Gasteiger partial charge in [0.05, 0.1) is 17.3 Å². The second kappa shape index (κ2) is 12.8. The van der Waals surface area contributed by atoms with Gasteiger partial charge in [-0.3, -0.25) is 14.5 Å². The molecule has 1 saturated carbocycles. The van der Waals surface area contributed by atoms with Crippen molar-refractivity contribution in [3.05, 3.63) is 40.8 Å². The molecule has 39 heavy (non-hydrogen) atoms. The Labute approximate surface area is 234 Å². The van der Waals surface area contributed by atoms with Crippen LogP contribution >= 0.6 is 11.6 Å². The molecule has 2 aromatic rings. The molecule has 2 N–H and O–H groups in total. The first-order valence-electron chi connectivity index (χ1n) is 14.0. The number of halogens is 3. The lowest BCUT2D eigenvalue weighted by molar-refractivity contribution is -0.122. The maximum atomic E-state index is 14.0. The van der Waals surface area contributed by atoms with Gasteiger partial charge in [0.25, 0.3) is 11.8 Å². The van der Waals surface area contributed by atoms with E-state index < -0.39 is 17.9 Å². The Morgan fingerprint density at radius 3 is 2.59 bits per heavy atom. The molecule has 2 amide bonds. The van der Waals surface area contributed by atoms with Gasteiger partial charge in [0, 0.05) is 49.8 Å². The predicted octanol–water partition coefficient (Wildman–Crippen LogP) is 5.22. The number of piperidine rings is 1. The molecule has 1 aromatic carbocycles. The van der Waals surface area contributed by atoms with E-state index in [0.29, 0.717) is 49.0 Å². The van der Waals surface area contributed by atoms with Gasteiger partial charge in [-0.2, -0.15) is 0 Å². The molecule has 1 aliphatic carbocycles. The van der Waals surface area contributed by atoms with Crippen molar-refractivity contribution in [2.45, 2.75) is 83.2 Å². The highest BCUT2D eigenvalue weighted by Gasteiger charge is 2.35. The molecule has 1 aliphatic heterocycles. The fourth-order valence-electron chi connectivity index (χ4n) is 5.34. The second-order valence-electron chi connectivity index (χ2n) is 11.5. The average Bonchev–Trinajstić information content (AvgIpc) is 3.15. The zero-order chi connectivity index (χ0) is 28.2. The van der Waals surface area contributed by atoms with Crippen molar-refractivity contribution in [2.24, 2.45) is 13.0 Å².